The van der Waals surface area contributed by atoms with Gasteiger partial charge in [-0.25, -0.2) is 0 Å². The summed E-state index contributed by atoms with van der Waals surface area (Å²) in [6, 6.07) is 0. The molecule has 0 heterocycles. The Morgan fingerprint density at radius 1 is 0.957 bits per heavy atom. The van der Waals surface area contributed by atoms with Crippen LogP contribution in [0.25, 0.3) is 0 Å². The molecule has 4 nitrogen and oxygen atoms in total. The maximum atomic E-state index is 12.7. The highest BCUT2D eigenvalue weighted by atomic mass is 16.5. The summed E-state index contributed by atoms with van der Waals surface area (Å²) in [6.45, 7) is 15.1. The van der Waals surface area contributed by atoms with Gasteiger partial charge < -0.3 is 9.84 Å². The number of carbonyl (C=O) groups is 2. The number of carboxylic acids is 1. The summed E-state index contributed by atoms with van der Waals surface area (Å²) >= 11 is 0. The topological polar surface area (TPSA) is 63.6 Å². The predicted molar refractivity (Wildman–Crippen MR) is 93.2 cm³/mol. The molecule has 0 fully saturated rings. The van der Waals surface area contributed by atoms with Gasteiger partial charge in [0.15, 0.2) is 5.41 Å². The molecule has 0 rings (SSSR count). The third kappa shape index (κ3) is 5.50. The second-order valence-corrected chi connectivity index (χ2v) is 8.41. The molecule has 0 aliphatic carbocycles. The van der Waals surface area contributed by atoms with E-state index >= 15 is 0 Å². The number of aliphatic carboxylic acids is 1. The van der Waals surface area contributed by atoms with Crippen molar-refractivity contribution in [2.24, 2.45) is 22.7 Å². The van der Waals surface area contributed by atoms with E-state index in [2.05, 4.69) is 13.8 Å². The number of hydrogen-bond donors (Lipinski definition) is 1. The fraction of sp³-hybridized carbons (Fsp3) is 0.895. The molecule has 4 heteroatoms. The zero-order valence-corrected chi connectivity index (χ0v) is 16.2. The molecule has 2 unspecified atom stereocenters. The minimum absolute atomic E-state index is 0.255. The van der Waals surface area contributed by atoms with Crippen molar-refractivity contribution in [1.29, 1.82) is 0 Å². The van der Waals surface area contributed by atoms with Crippen molar-refractivity contribution in [3.63, 3.8) is 0 Å². The van der Waals surface area contributed by atoms with E-state index in [-0.39, 0.29) is 12.0 Å². The van der Waals surface area contributed by atoms with Crippen molar-refractivity contribution < 1.29 is 19.4 Å². The summed E-state index contributed by atoms with van der Waals surface area (Å²) in [5, 5.41) is 9.79. The SMILES string of the molecule is CC(C)CCCCC(C)OC(=O)C(C(=O)O)(C(C)C)C(C)(C)C. The number of unbranched alkanes of at least 4 members (excludes halogenated alkanes) is 1. The van der Waals surface area contributed by atoms with E-state index in [0.29, 0.717) is 5.92 Å². The molecular weight excluding hydrogens is 292 g/mol. The first kappa shape index (κ1) is 21.9. The number of carboxylic acid groups (broad SMARTS) is 1. The van der Waals surface area contributed by atoms with Gasteiger partial charge >= 0.3 is 11.9 Å². The average Bonchev–Trinajstić information content (AvgIpc) is 2.31. The van der Waals surface area contributed by atoms with Crippen LogP contribution in [0.1, 0.15) is 81.1 Å². The van der Waals surface area contributed by atoms with Crippen LogP contribution in [0.5, 0.6) is 0 Å². The molecule has 1 N–H and O–H groups in total. The summed E-state index contributed by atoms with van der Waals surface area (Å²) in [4.78, 5) is 24.7. The zero-order chi connectivity index (χ0) is 18.4. The molecule has 23 heavy (non-hydrogen) atoms. The molecule has 0 aliphatic heterocycles. The second kappa shape index (κ2) is 8.70. The van der Waals surface area contributed by atoms with E-state index in [1.54, 1.807) is 34.6 Å². The Bertz CT molecular complexity index is 393. The minimum atomic E-state index is -1.53. The van der Waals surface area contributed by atoms with Crippen LogP contribution in [0.15, 0.2) is 0 Å². The molecule has 0 aromatic heterocycles. The fourth-order valence-electron chi connectivity index (χ4n) is 3.38. The van der Waals surface area contributed by atoms with E-state index < -0.39 is 22.8 Å². The number of esters is 1. The Morgan fingerprint density at radius 2 is 1.43 bits per heavy atom. The monoisotopic (exact) mass is 328 g/mol. The van der Waals surface area contributed by atoms with Gasteiger partial charge in [0.25, 0.3) is 0 Å². The van der Waals surface area contributed by atoms with Gasteiger partial charge in [-0.1, -0.05) is 61.3 Å². The average molecular weight is 328 g/mol. The molecule has 0 bridgehead atoms. The molecule has 2 atom stereocenters. The fourth-order valence-corrected chi connectivity index (χ4v) is 3.38. The third-order valence-corrected chi connectivity index (χ3v) is 4.66. The number of rotatable bonds is 9. The van der Waals surface area contributed by atoms with E-state index in [0.717, 1.165) is 25.7 Å². The van der Waals surface area contributed by atoms with Gasteiger partial charge in [0, 0.05) is 0 Å². The Hall–Kier alpha value is -1.06. The molecule has 0 aromatic rings. The van der Waals surface area contributed by atoms with Crippen molar-refractivity contribution in [1.82, 2.24) is 0 Å². The van der Waals surface area contributed by atoms with Gasteiger partial charge in [0.1, 0.15) is 0 Å². The van der Waals surface area contributed by atoms with Gasteiger partial charge in [0.05, 0.1) is 6.10 Å². The van der Waals surface area contributed by atoms with Gasteiger partial charge in [-0.15, -0.1) is 0 Å². The Labute approximate surface area is 142 Å². The van der Waals surface area contributed by atoms with Gasteiger partial charge in [-0.2, -0.15) is 0 Å². The first-order chi connectivity index (χ1) is 10.4. The summed E-state index contributed by atoms with van der Waals surface area (Å²) in [5.74, 6) is -1.38. The van der Waals surface area contributed by atoms with E-state index in [4.69, 9.17) is 4.74 Å². The van der Waals surface area contributed by atoms with Gasteiger partial charge in [-0.3, -0.25) is 9.59 Å². The van der Waals surface area contributed by atoms with Crippen LogP contribution < -0.4 is 0 Å². The lowest BCUT2D eigenvalue weighted by molar-refractivity contribution is -0.186. The third-order valence-electron chi connectivity index (χ3n) is 4.66. The molecule has 0 amide bonds. The highest BCUT2D eigenvalue weighted by molar-refractivity contribution is 6.00. The molecule has 0 saturated carbocycles. The predicted octanol–water partition coefficient (Wildman–Crippen LogP) is 4.91. The van der Waals surface area contributed by atoms with Gasteiger partial charge in [-0.05, 0) is 37.0 Å². The summed E-state index contributed by atoms with van der Waals surface area (Å²) in [6.07, 6.45) is 3.77. The summed E-state index contributed by atoms with van der Waals surface area (Å²) in [5.41, 5.74) is -2.25. The maximum Gasteiger partial charge on any atom is 0.324 e. The molecule has 0 saturated heterocycles. The van der Waals surface area contributed by atoms with Crippen molar-refractivity contribution in [2.45, 2.75) is 87.2 Å². The van der Waals surface area contributed by atoms with Crippen molar-refractivity contribution in [3.05, 3.63) is 0 Å². The van der Waals surface area contributed by atoms with Crippen molar-refractivity contribution in [3.8, 4) is 0 Å². The van der Waals surface area contributed by atoms with Crippen LogP contribution in [-0.4, -0.2) is 23.1 Å². The van der Waals surface area contributed by atoms with Crippen molar-refractivity contribution >= 4 is 11.9 Å². The molecule has 0 aromatic carbocycles. The first-order valence-electron chi connectivity index (χ1n) is 8.81. The largest absolute Gasteiger partial charge is 0.480 e. The summed E-state index contributed by atoms with van der Waals surface area (Å²) < 4.78 is 5.55. The molecule has 0 spiro atoms. The van der Waals surface area contributed by atoms with E-state index in [9.17, 15) is 14.7 Å². The lowest BCUT2D eigenvalue weighted by atomic mass is 9.60. The van der Waals surface area contributed by atoms with Crippen LogP contribution in [0.3, 0.4) is 0 Å². The van der Waals surface area contributed by atoms with E-state index in [1.165, 1.54) is 0 Å². The molecular formula is C19H36O4. The van der Waals surface area contributed by atoms with Crippen LogP contribution >= 0.6 is 0 Å². The first-order valence-corrected chi connectivity index (χ1v) is 8.81. The summed E-state index contributed by atoms with van der Waals surface area (Å²) in [7, 11) is 0. The lowest BCUT2D eigenvalue weighted by Crippen LogP contribution is -2.54. The molecule has 136 valence electrons. The van der Waals surface area contributed by atoms with Crippen LogP contribution in [0.4, 0.5) is 0 Å². The highest BCUT2D eigenvalue weighted by Gasteiger charge is 2.58. The van der Waals surface area contributed by atoms with Crippen LogP contribution in [0, 0.1) is 22.7 Å². The zero-order valence-electron chi connectivity index (χ0n) is 16.2. The Kier molecular flexibility index (Phi) is 8.30. The quantitative estimate of drug-likeness (QED) is 0.371. The van der Waals surface area contributed by atoms with Crippen LogP contribution in [-0.2, 0) is 14.3 Å². The van der Waals surface area contributed by atoms with Gasteiger partial charge in [0.2, 0.25) is 0 Å². The van der Waals surface area contributed by atoms with E-state index in [1.807, 2.05) is 6.92 Å². The second-order valence-electron chi connectivity index (χ2n) is 8.41. The normalized spacial score (nSPS) is 16.3. The standard InChI is InChI=1S/C19H36O4/c1-13(2)11-9-10-12-15(5)23-17(22)19(14(3)4,16(20)21)18(6,7)8/h13-15H,9-12H2,1-8H3,(H,20,21). The molecule has 0 aliphatic rings. The Morgan fingerprint density at radius 3 is 1.78 bits per heavy atom. The molecule has 0 radical (unpaired) electrons. The highest BCUT2D eigenvalue weighted by Crippen LogP contribution is 2.46. The minimum Gasteiger partial charge on any atom is -0.480 e. The maximum absolute atomic E-state index is 12.7. The Balaban J connectivity index is 4.96. The lowest BCUT2D eigenvalue weighted by Gasteiger charge is -2.42. The smallest absolute Gasteiger partial charge is 0.324 e. The van der Waals surface area contributed by atoms with Crippen molar-refractivity contribution in [2.75, 3.05) is 0 Å². The number of hydrogen-bond acceptors (Lipinski definition) is 3. The number of ether oxygens (including phenoxy) is 1. The van der Waals surface area contributed by atoms with Crippen LogP contribution in [0.2, 0.25) is 0 Å². The number of carbonyl (C=O) groups excluding carboxylic acids is 1.